The molecule has 5 aromatic rings. The quantitative estimate of drug-likeness (QED) is 0.187. The molecule has 0 bridgehead atoms. The van der Waals surface area contributed by atoms with E-state index in [0.29, 0.717) is 0 Å². The summed E-state index contributed by atoms with van der Waals surface area (Å²) in [5, 5.41) is 2.60. The Morgan fingerprint density at radius 3 is 1.72 bits per heavy atom. The molecule has 6 nitrogen and oxygen atoms in total. The van der Waals surface area contributed by atoms with Crippen molar-refractivity contribution in [1.82, 2.24) is 14.4 Å². The van der Waals surface area contributed by atoms with Gasteiger partial charge in [-0.2, -0.15) is 0 Å². The highest BCUT2D eigenvalue weighted by Crippen LogP contribution is 2.52. The van der Waals surface area contributed by atoms with E-state index in [-0.39, 0.29) is 10.8 Å². The summed E-state index contributed by atoms with van der Waals surface area (Å²) in [6, 6.07) is 28.3. The summed E-state index contributed by atoms with van der Waals surface area (Å²) < 4.78 is 2.52. The maximum Gasteiger partial charge on any atom is 0.0943 e. The first-order chi connectivity index (χ1) is 23.5. The molecular weight excluding hydrogens is 613 g/mol. The number of fused-ring (bicyclic) bond motifs is 5. The zero-order valence-electron chi connectivity index (χ0n) is 32.0. The van der Waals surface area contributed by atoms with E-state index in [1.54, 1.807) is 0 Å². The van der Waals surface area contributed by atoms with Crippen LogP contribution in [0.15, 0.2) is 95.6 Å². The van der Waals surface area contributed by atoms with Crippen molar-refractivity contribution in [2.24, 2.45) is 0 Å². The number of aromatic nitrogens is 1. The van der Waals surface area contributed by atoms with Crippen molar-refractivity contribution in [3.8, 4) is 5.69 Å². The SMILES string of the molecule is CC1=C(C)N(c2cc(N3c4cc(N5CN(C)C(C)=C5C)ccc4-n4c5ccc(C(C)(C)C)cc5c5cccc3c54)cc(C(C)(C)C)c2)CN1C. The summed E-state index contributed by atoms with van der Waals surface area (Å²) in [5.41, 5.74) is 17.7. The maximum absolute atomic E-state index is 2.54. The van der Waals surface area contributed by atoms with Crippen molar-refractivity contribution in [2.75, 3.05) is 42.1 Å². The van der Waals surface area contributed by atoms with Crippen molar-refractivity contribution >= 4 is 50.2 Å². The smallest absolute Gasteiger partial charge is 0.0943 e. The van der Waals surface area contributed by atoms with Gasteiger partial charge in [0.2, 0.25) is 0 Å². The molecule has 0 N–H and O–H groups in total. The van der Waals surface area contributed by atoms with E-state index in [9.17, 15) is 0 Å². The zero-order valence-corrected chi connectivity index (χ0v) is 32.0. The molecule has 6 heteroatoms. The number of para-hydroxylation sites is 1. The molecule has 8 rings (SSSR count). The monoisotopic (exact) mass is 664 g/mol. The van der Waals surface area contributed by atoms with Gasteiger partial charge in [0.1, 0.15) is 0 Å². The van der Waals surface area contributed by atoms with Gasteiger partial charge in [0, 0.05) is 64.7 Å². The molecule has 0 atom stereocenters. The van der Waals surface area contributed by atoms with Crippen LogP contribution in [0.25, 0.3) is 27.5 Å². The van der Waals surface area contributed by atoms with Crippen molar-refractivity contribution in [2.45, 2.75) is 80.1 Å². The van der Waals surface area contributed by atoms with Gasteiger partial charge in [-0.05, 0) is 104 Å². The van der Waals surface area contributed by atoms with Gasteiger partial charge in [0.05, 0.1) is 41.4 Å². The van der Waals surface area contributed by atoms with Crippen molar-refractivity contribution in [3.05, 3.63) is 107 Å². The third-order valence-electron chi connectivity index (χ3n) is 11.7. The lowest BCUT2D eigenvalue weighted by atomic mass is 9.86. The Bertz CT molecular complexity index is 2290. The summed E-state index contributed by atoms with van der Waals surface area (Å²) in [5.74, 6) is 0. The van der Waals surface area contributed by atoms with E-state index in [1.807, 2.05) is 0 Å². The lowest BCUT2D eigenvalue weighted by Crippen LogP contribution is -2.26. The molecule has 0 unspecified atom stereocenters. The van der Waals surface area contributed by atoms with Gasteiger partial charge < -0.3 is 29.1 Å². The molecule has 3 aliphatic heterocycles. The van der Waals surface area contributed by atoms with Crippen molar-refractivity contribution in [3.63, 3.8) is 0 Å². The van der Waals surface area contributed by atoms with Gasteiger partial charge in [0.15, 0.2) is 0 Å². The predicted molar refractivity (Wildman–Crippen MR) is 213 cm³/mol. The molecule has 4 heterocycles. The average Bonchev–Trinajstić information content (AvgIpc) is 3.64. The summed E-state index contributed by atoms with van der Waals surface area (Å²) in [6.07, 6.45) is 0. The van der Waals surface area contributed by atoms with Gasteiger partial charge in [0.25, 0.3) is 0 Å². The third kappa shape index (κ3) is 4.74. The molecule has 3 aliphatic rings. The molecule has 0 spiro atoms. The largest absolute Gasteiger partial charge is 0.359 e. The minimum Gasteiger partial charge on any atom is -0.359 e. The molecule has 50 heavy (non-hydrogen) atoms. The number of nitrogens with zero attached hydrogens (tertiary/aromatic N) is 6. The highest BCUT2D eigenvalue weighted by molar-refractivity contribution is 6.17. The first-order valence-corrected chi connectivity index (χ1v) is 18.0. The third-order valence-corrected chi connectivity index (χ3v) is 11.7. The lowest BCUT2D eigenvalue weighted by molar-refractivity contribution is 0.459. The van der Waals surface area contributed by atoms with Crippen LogP contribution >= 0.6 is 0 Å². The molecule has 4 aromatic carbocycles. The lowest BCUT2D eigenvalue weighted by Gasteiger charge is -2.36. The minimum absolute atomic E-state index is 0.0344. The van der Waals surface area contributed by atoms with Crippen molar-refractivity contribution in [1.29, 1.82) is 0 Å². The molecule has 0 fully saturated rings. The van der Waals surface area contributed by atoms with E-state index in [4.69, 9.17) is 0 Å². The van der Waals surface area contributed by atoms with E-state index < -0.39 is 0 Å². The van der Waals surface area contributed by atoms with Gasteiger partial charge >= 0.3 is 0 Å². The van der Waals surface area contributed by atoms with Crippen LogP contribution in [0.2, 0.25) is 0 Å². The molecule has 0 saturated carbocycles. The molecule has 0 saturated heterocycles. The van der Waals surface area contributed by atoms with Crippen LogP contribution in [0.5, 0.6) is 0 Å². The van der Waals surface area contributed by atoms with Gasteiger partial charge in [-0.25, -0.2) is 0 Å². The number of benzene rings is 4. The zero-order chi connectivity index (χ0) is 35.6. The Morgan fingerprint density at radius 2 is 1.12 bits per heavy atom. The second kappa shape index (κ2) is 10.8. The summed E-state index contributed by atoms with van der Waals surface area (Å²) in [4.78, 5) is 12.1. The van der Waals surface area contributed by atoms with E-state index >= 15 is 0 Å². The summed E-state index contributed by atoms with van der Waals surface area (Å²) in [7, 11) is 4.37. The van der Waals surface area contributed by atoms with Crippen molar-refractivity contribution < 1.29 is 0 Å². The first-order valence-electron chi connectivity index (χ1n) is 18.0. The Kier molecular flexibility index (Phi) is 7.01. The number of anilines is 5. The van der Waals surface area contributed by atoms with E-state index in [1.165, 1.54) is 89.8 Å². The number of hydrogen-bond acceptors (Lipinski definition) is 5. The van der Waals surface area contributed by atoms with Crippen LogP contribution in [-0.4, -0.2) is 41.8 Å². The van der Waals surface area contributed by atoms with Crippen LogP contribution in [0.1, 0.15) is 80.4 Å². The highest BCUT2D eigenvalue weighted by atomic mass is 15.4. The average molecular weight is 665 g/mol. The van der Waals surface area contributed by atoms with Crippen LogP contribution in [0.4, 0.5) is 28.4 Å². The van der Waals surface area contributed by atoms with Crippen LogP contribution in [0, 0.1) is 0 Å². The fourth-order valence-electron chi connectivity index (χ4n) is 8.06. The fraction of sp³-hybridized carbons (Fsp3) is 0.364. The molecule has 1 aromatic heterocycles. The fourth-order valence-corrected chi connectivity index (χ4v) is 8.06. The first kappa shape index (κ1) is 32.4. The Labute approximate surface area is 298 Å². The molecule has 0 amide bonds. The molecule has 0 aliphatic carbocycles. The van der Waals surface area contributed by atoms with Crippen LogP contribution in [0.3, 0.4) is 0 Å². The van der Waals surface area contributed by atoms with E-state index in [2.05, 4.69) is 185 Å². The number of hydrogen-bond donors (Lipinski definition) is 0. The Balaban J connectivity index is 1.44. The number of allylic oxidation sites excluding steroid dienone is 4. The predicted octanol–water partition coefficient (Wildman–Crippen LogP) is 11.1. The standard InChI is InChI=1S/C44H52N6/c1-27-29(3)47(25-45(27)11)33-17-19-39-41(24-33)49(35-21-32(44(8,9)10)20-34(23-35)48-26-46(12)28(2)30(48)4)40-15-13-14-36-37-22-31(43(5,6)7)16-18-38(37)50(39)42(36)40/h13-24H,25-26H2,1-12H3. The Hall–Kier alpha value is -4.84. The van der Waals surface area contributed by atoms with Crippen LogP contribution in [-0.2, 0) is 10.8 Å². The number of rotatable bonds is 3. The Morgan fingerprint density at radius 1 is 0.500 bits per heavy atom. The van der Waals surface area contributed by atoms with Crippen LogP contribution < -0.4 is 14.7 Å². The van der Waals surface area contributed by atoms with E-state index in [0.717, 1.165) is 13.3 Å². The second-order valence-corrected chi connectivity index (χ2v) is 16.9. The highest BCUT2D eigenvalue weighted by Gasteiger charge is 2.33. The molecular formula is C44H52N6. The maximum atomic E-state index is 2.54. The molecule has 258 valence electrons. The minimum atomic E-state index is -0.0344. The van der Waals surface area contributed by atoms with Gasteiger partial charge in [-0.3, -0.25) is 0 Å². The summed E-state index contributed by atoms with van der Waals surface area (Å²) in [6.45, 7) is 24.5. The van der Waals surface area contributed by atoms with Gasteiger partial charge in [-0.1, -0.05) is 59.7 Å². The summed E-state index contributed by atoms with van der Waals surface area (Å²) >= 11 is 0. The normalized spacial score (nSPS) is 16.7. The topological polar surface area (TPSA) is 21.1 Å². The molecule has 0 radical (unpaired) electrons. The van der Waals surface area contributed by atoms with Gasteiger partial charge in [-0.15, -0.1) is 0 Å². The second-order valence-electron chi connectivity index (χ2n) is 16.9.